The average molecular weight is 336 g/mol. The Bertz CT molecular complexity index is 721. The van der Waals surface area contributed by atoms with Crippen molar-refractivity contribution in [3.63, 3.8) is 0 Å². The average Bonchev–Trinajstić information content (AvgIpc) is 3.12. The number of ether oxygens (including phenoxy) is 1. The van der Waals surface area contributed by atoms with Crippen LogP contribution < -0.4 is 4.72 Å². The molecule has 0 radical (unpaired) electrons. The van der Waals surface area contributed by atoms with Gasteiger partial charge in [-0.2, -0.15) is 12.7 Å². The minimum absolute atomic E-state index is 0.0837. The summed E-state index contributed by atoms with van der Waals surface area (Å²) in [4.78, 5) is 12.4. The molecule has 2 heterocycles. The lowest BCUT2D eigenvalue weighted by molar-refractivity contribution is -0.125. The summed E-state index contributed by atoms with van der Waals surface area (Å²) in [5.41, 5.74) is 0.872. The number of nitrogens with zero attached hydrogens (tertiary/aromatic N) is 1. The maximum absolute atomic E-state index is 12.4. The van der Waals surface area contributed by atoms with Crippen LogP contribution in [0.2, 0.25) is 0 Å². The van der Waals surface area contributed by atoms with Gasteiger partial charge in [-0.15, -0.1) is 0 Å². The van der Waals surface area contributed by atoms with Crippen LogP contribution in [0.5, 0.6) is 0 Å². The van der Waals surface area contributed by atoms with E-state index in [9.17, 15) is 13.2 Å². The zero-order valence-corrected chi connectivity index (χ0v) is 13.7. The van der Waals surface area contributed by atoms with Gasteiger partial charge in [0, 0.05) is 13.6 Å². The van der Waals surface area contributed by atoms with Crippen molar-refractivity contribution in [1.82, 2.24) is 9.03 Å². The van der Waals surface area contributed by atoms with Gasteiger partial charge in [0.1, 0.15) is 0 Å². The number of benzene rings is 1. The van der Waals surface area contributed by atoms with Crippen LogP contribution in [0, 0.1) is 17.8 Å². The molecular formula is C16H20N2O4S. The molecule has 1 amide bonds. The van der Waals surface area contributed by atoms with Crippen molar-refractivity contribution in [1.29, 1.82) is 0 Å². The van der Waals surface area contributed by atoms with Crippen molar-refractivity contribution in [2.24, 2.45) is 17.8 Å². The molecule has 6 nitrogen and oxygen atoms in total. The van der Waals surface area contributed by atoms with Gasteiger partial charge in [0.2, 0.25) is 5.91 Å². The normalized spacial score (nSPS) is 34.4. The molecule has 124 valence electrons. The maximum Gasteiger partial charge on any atom is 0.303 e. The van der Waals surface area contributed by atoms with Gasteiger partial charge in [-0.3, -0.25) is 4.79 Å². The summed E-state index contributed by atoms with van der Waals surface area (Å²) in [5, 5.41) is 0. The van der Waals surface area contributed by atoms with Crippen molar-refractivity contribution in [2.45, 2.75) is 31.6 Å². The van der Waals surface area contributed by atoms with Crippen LogP contribution in [0.1, 0.15) is 18.4 Å². The Labute approximate surface area is 136 Å². The van der Waals surface area contributed by atoms with Crippen LogP contribution in [0.15, 0.2) is 30.3 Å². The molecule has 23 heavy (non-hydrogen) atoms. The van der Waals surface area contributed by atoms with E-state index in [4.69, 9.17) is 4.74 Å². The topological polar surface area (TPSA) is 75.7 Å². The summed E-state index contributed by atoms with van der Waals surface area (Å²) in [7, 11) is -2.37. The Kier molecular flexibility index (Phi) is 3.48. The van der Waals surface area contributed by atoms with Crippen molar-refractivity contribution in [2.75, 3.05) is 7.05 Å². The van der Waals surface area contributed by atoms with Crippen LogP contribution in [0.4, 0.5) is 0 Å². The first-order valence-electron chi connectivity index (χ1n) is 7.93. The third kappa shape index (κ3) is 2.66. The number of hydrogen-bond donors (Lipinski definition) is 1. The lowest BCUT2D eigenvalue weighted by Crippen LogP contribution is -2.45. The van der Waals surface area contributed by atoms with Crippen molar-refractivity contribution in [3.05, 3.63) is 35.9 Å². The Morgan fingerprint density at radius 1 is 1.26 bits per heavy atom. The van der Waals surface area contributed by atoms with E-state index >= 15 is 0 Å². The number of hydrogen-bond acceptors (Lipinski definition) is 4. The van der Waals surface area contributed by atoms with Crippen molar-refractivity contribution >= 4 is 16.1 Å². The quantitative estimate of drug-likeness (QED) is 0.867. The van der Waals surface area contributed by atoms with Crippen molar-refractivity contribution < 1.29 is 17.9 Å². The molecule has 7 heteroatoms. The maximum atomic E-state index is 12.4. The lowest BCUT2D eigenvalue weighted by Gasteiger charge is -2.21. The Morgan fingerprint density at radius 2 is 2.00 bits per heavy atom. The third-order valence-corrected chi connectivity index (χ3v) is 6.64. The highest BCUT2D eigenvalue weighted by atomic mass is 32.2. The first-order valence-corrected chi connectivity index (χ1v) is 9.37. The van der Waals surface area contributed by atoms with E-state index in [2.05, 4.69) is 4.72 Å². The third-order valence-electron chi connectivity index (χ3n) is 5.23. The minimum atomic E-state index is -3.84. The molecular weight excluding hydrogens is 316 g/mol. The largest absolute Gasteiger partial charge is 0.374 e. The van der Waals surface area contributed by atoms with E-state index in [0.717, 1.165) is 16.3 Å². The predicted molar refractivity (Wildman–Crippen MR) is 83.3 cm³/mol. The van der Waals surface area contributed by atoms with E-state index in [1.165, 1.54) is 7.05 Å². The second-order valence-electron chi connectivity index (χ2n) is 6.76. The number of carbonyl (C=O) groups is 1. The molecule has 2 saturated heterocycles. The standard InChI is InChI=1S/C16H20N2O4S/c1-18(9-10-5-3-2-4-6-10)23(20,21)17-16(19)13-8-14-11-7-12(11)15(13)22-14/h2-6,11-15H,7-9H2,1H3,(H,17,19)/t11-,12+,13-,14+,15+/m1/s1. The van der Waals surface area contributed by atoms with E-state index in [1.807, 2.05) is 30.3 Å². The van der Waals surface area contributed by atoms with Crippen LogP contribution in [-0.4, -0.2) is 37.9 Å². The summed E-state index contributed by atoms with van der Waals surface area (Å²) < 4.78 is 33.9. The fourth-order valence-corrected chi connectivity index (χ4v) is 4.80. The summed E-state index contributed by atoms with van der Waals surface area (Å²) >= 11 is 0. The number of amides is 1. The minimum Gasteiger partial charge on any atom is -0.374 e. The lowest BCUT2D eigenvalue weighted by atomic mass is 9.89. The zero-order chi connectivity index (χ0) is 16.2. The number of carbonyl (C=O) groups excluding carboxylic acids is 1. The molecule has 1 saturated carbocycles. The Morgan fingerprint density at radius 3 is 2.65 bits per heavy atom. The fourth-order valence-electron chi connectivity index (χ4n) is 3.92. The van der Waals surface area contributed by atoms with Gasteiger partial charge in [-0.1, -0.05) is 30.3 Å². The summed E-state index contributed by atoms with van der Waals surface area (Å²) in [5.74, 6) is 0.321. The summed E-state index contributed by atoms with van der Waals surface area (Å²) in [6.45, 7) is 0.224. The SMILES string of the molecule is CN(Cc1ccccc1)S(=O)(=O)NC(=O)[C@@H]1C[C@@H]2O[C@H]1[C@H]1C[C@H]12. The van der Waals surface area contributed by atoms with Crippen LogP contribution in [-0.2, 0) is 26.3 Å². The number of rotatable bonds is 5. The van der Waals surface area contributed by atoms with Gasteiger partial charge in [0.05, 0.1) is 18.1 Å². The molecule has 2 aliphatic heterocycles. The van der Waals surface area contributed by atoms with Gasteiger partial charge >= 0.3 is 10.2 Å². The van der Waals surface area contributed by atoms with Crippen LogP contribution in [0.3, 0.4) is 0 Å². The van der Waals surface area contributed by atoms with E-state index in [-0.39, 0.29) is 24.7 Å². The second kappa shape index (κ2) is 5.29. The molecule has 3 fully saturated rings. The second-order valence-corrected chi connectivity index (χ2v) is 8.54. The number of nitrogens with one attached hydrogen (secondary N) is 1. The van der Waals surface area contributed by atoms with Crippen molar-refractivity contribution in [3.8, 4) is 0 Å². The molecule has 1 aromatic rings. The predicted octanol–water partition coefficient (Wildman–Crippen LogP) is 0.903. The first-order chi connectivity index (χ1) is 11.0. The smallest absolute Gasteiger partial charge is 0.303 e. The Balaban J connectivity index is 1.40. The van der Waals surface area contributed by atoms with Gasteiger partial charge in [-0.05, 0) is 30.2 Å². The van der Waals surface area contributed by atoms with Gasteiger partial charge in [0.25, 0.3) is 0 Å². The van der Waals surface area contributed by atoms with E-state index < -0.39 is 16.1 Å². The van der Waals surface area contributed by atoms with Gasteiger partial charge in [-0.25, -0.2) is 4.72 Å². The van der Waals surface area contributed by atoms with E-state index in [1.54, 1.807) is 0 Å². The fraction of sp³-hybridized carbons (Fsp3) is 0.562. The molecule has 2 bridgehead atoms. The Hall–Kier alpha value is -1.44. The highest BCUT2D eigenvalue weighted by molar-refractivity contribution is 7.87. The summed E-state index contributed by atoms with van der Waals surface area (Å²) in [6.07, 6.45) is 1.85. The molecule has 5 atom stereocenters. The molecule has 3 aliphatic rings. The molecule has 1 N–H and O–H groups in total. The zero-order valence-electron chi connectivity index (χ0n) is 12.9. The monoisotopic (exact) mass is 336 g/mol. The highest BCUT2D eigenvalue weighted by Gasteiger charge is 2.64. The van der Waals surface area contributed by atoms with Gasteiger partial charge in [0.15, 0.2) is 0 Å². The first kappa shape index (κ1) is 15.1. The summed E-state index contributed by atoms with van der Waals surface area (Å²) in [6, 6.07) is 9.29. The van der Waals surface area contributed by atoms with E-state index in [0.29, 0.717) is 18.3 Å². The van der Waals surface area contributed by atoms with Gasteiger partial charge < -0.3 is 4.74 Å². The molecule has 0 aromatic heterocycles. The van der Waals surface area contributed by atoms with Crippen LogP contribution in [0.25, 0.3) is 0 Å². The molecule has 1 aliphatic carbocycles. The molecule has 0 unspecified atom stereocenters. The molecule has 1 aromatic carbocycles. The van der Waals surface area contributed by atoms with Crippen LogP contribution >= 0.6 is 0 Å². The highest BCUT2D eigenvalue weighted by Crippen LogP contribution is 2.60. The molecule has 4 rings (SSSR count). The number of fused-ring (bicyclic) bond motifs is 5. The molecule has 0 spiro atoms.